The average molecular weight is 344 g/mol. The van der Waals surface area contributed by atoms with Gasteiger partial charge in [0.15, 0.2) is 0 Å². The molecule has 0 radical (unpaired) electrons. The van der Waals surface area contributed by atoms with Crippen LogP contribution in [0.1, 0.15) is 11.8 Å². The van der Waals surface area contributed by atoms with Crippen molar-refractivity contribution in [3.05, 3.63) is 17.3 Å². The molecule has 2 aromatic rings. The summed E-state index contributed by atoms with van der Waals surface area (Å²) in [6.07, 6.45) is 2.68. The molecule has 4 nitrogen and oxygen atoms in total. The lowest BCUT2D eigenvalue weighted by atomic mass is 10.3. The molecule has 0 aliphatic rings. The van der Waals surface area contributed by atoms with E-state index < -0.39 is 0 Å². The lowest BCUT2D eigenvalue weighted by molar-refractivity contribution is 0.157. The molecule has 0 fully saturated rings. The van der Waals surface area contributed by atoms with Crippen molar-refractivity contribution in [1.82, 2.24) is 9.97 Å². The van der Waals surface area contributed by atoms with Crippen molar-refractivity contribution in [2.75, 3.05) is 37.0 Å². The minimum Gasteiger partial charge on any atom is -0.379 e. The molecule has 0 unspecified atom stereocenters. The predicted octanol–water partition coefficient (Wildman–Crippen LogP) is 3.10. The van der Waals surface area contributed by atoms with Gasteiger partial charge in [-0.2, -0.15) is 0 Å². The summed E-state index contributed by atoms with van der Waals surface area (Å²) in [6, 6.07) is 2.20. The summed E-state index contributed by atoms with van der Waals surface area (Å²) >= 11 is 5.09. The van der Waals surface area contributed by atoms with Gasteiger partial charge in [0, 0.05) is 23.8 Å². The summed E-state index contributed by atoms with van der Waals surface area (Å²) < 4.78 is 5.48. The van der Waals surface area contributed by atoms with Gasteiger partial charge in [-0.25, -0.2) is 9.97 Å². The topological polar surface area (TPSA) is 38.2 Å². The molecular weight excluding hydrogens is 326 g/mol. The summed E-state index contributed by atoms with van der Waals surface area (Å²) in [5, 5.41) is 2.02. The Kier molecular flexibility index (Phi) is 5.54. The monoisotopic (exact) mass is 343 g/mol. The molecule has 2 rings (SSSR count). The van der Waals surface area contributed by atoms with Crippen LogP contribution < -0.4 is 4.90 Å². The SMILES string of the molecule is CCc1cc2c(N(C)CCOCCBr)ncnc2s1. The van der Waals surface area contributed by atoms with Crippen LogP contribution in [0.3, 0.4) is 0 Å². The number of hydrogen-bond acceptors (Lipinski definition) is 5. The molecule has 0 aliphatic heterocycles. The van der Waals surface area contributed by atoms with Gasteiger partial charge in [0.25, 0.3) is 0 Å². The number of ether oxygens (including phenoxy) is 1. The average Bonchev–Trinajstić information content (AvgIpc) is 2.86. The van der Waals surface area contributed by atoms with E-state index in [-0.39, 0.29) is 0 Å². The summed E-state index contributed by atoms with van der Waals surface area (Å²) in [7, 11) is 2.04. The molecule has 0 amide bonds. The van der Waals surface area contributed by atoms with Crippen molar-refractivity contribution in [2.45, 2.75) is 13.3 Å². The fourth-order valence-corrected chi connectivity index (χ4v) is 2.99. The summed E-state index contributed by atoms with van der Waals surface area (Å²) in [6.45, 7) is 4.44. The molecule has 104 valence electrons. The molecule has 6 heteroatoms. The summed E-state index contributed by atoms with van der Waals surface area (Å²) in [5.41, 5.74) is 0. The lowest BCUT2D eigenvalue weighted by Gasteiger charge is -2.18. The Morgan fingerprint density at radius 1 is 1.37 bits per heavy atom. The number of halogens is 1. The van der Waals surface area contributed by atoms with Gasteiger partial charge in [-0.3, -0.25) is 0 Å². The molecule has 0 N–H and O–H groups in total. The van der Waals surface area contributed by atoms with Gasteiger partial charge in [-0.15, -0.1) is 11.3 Å². The van der Waals surface area contributed by atoms with Crippen molar-refractivity contribution < 1.29 is 4.74 Å². The van der Waals surface area contributed by atoms with Crippen molar-refractivity contribution in [3.63, 3.8) is 0 Å². The third-order valence-corrected chi connectivity index (χ3v) is 4.37. The number of nitrogens with zero attached hydrogens (tertiary/aromatic N) is 3. The van der Waals surface area contributed by atoms with E-state index in [0.29, 0.717) is 6.61 Å². The number of rotatable bonds is 7. The van der Waals surface area contributed by atoms with Crippen LogP contribution in [0.2, 0.25) is 0 Å². The first-order valence-corrected chi connectivity index (χ1v) is 8.28. The number of aryl methyl sites for hydroxylation is 1. The van der Waals surface area contributed by atoms with Gasteiger partial charge in [-0.05, 0) is 12.5 Å². The minimum atomic E-state index is 0.707. The summed E-state index contributed by atoms with van der Waals surface area (Å²) in [4.78, 5) is 13.3. The van der Waals surface area contributed by atoms with Crippen LogP contribution in [0.4, 0.5) is 5.82 Å². The van der Waals surface area contributed by atoms with Crippen LogP contribution in [0, 0.1) is 0 Å². The van der Waals surface area contributed by atoms with E-state index in [4.69, 9.17) is 4.74 Å². The van der Waals surface area contributed by atoms with E-state index in [9.17, 15) is 0 Å². The predicted molar refractivity (Wildman–Crippen MR) is 84.7 cm³/mol. The maximum absolute atomic E-state index is 5.48. The van der Waals surface area contributed by atoms with E-state index in [0.717, 1.165) is 40.9 Å². The van der Waals surface area contributed by atoms with Crippen LogP contribution in [-0.4, -0.2) is 42.1 Å². The number of aromatic nitrogens is 2. The number of likely N-dealkylation sites (N-methyl/N-ethyl adjacent to an activating group) is 1. The highest BCUT2D eigenvalue weighted by atomic mass is 79.9. The Labute approximate surface area is 125 Å². The molecule has 0 saturated carbocycles. The Morgan fingerprint density at radius 3 is 2.95 bits per heavy atom. The smallest absolute Gasteiger partial charge is 0.140 e. The first-order chi connectivity index (χ1) is 9.26. The first kappa shape index (κ1) is 14.7. The number of hydrogen-bond donors (Lipinski definition) is 0. The number of anilines is 1. The first-order valence-electron chi connectivity index (χ1n) is 6.34. The Hall–Kier alpha value is -0.720. The van der Waals surface area contributed by atoms with Crippen LogP contribution in [0.15, 0.2) is 12.4 Å². The van der Waals surface area contributed by atoms with Crippen LogP contribution in [0.5, 0.6) is 0 Å². The normalized spacial score (nSPS) is 11.1. The zero-order valence-electron chi connectivity index (χ0n) is 11.2. The van der Waals surface area contributed by atoms with Gasteiger partial charge in [0.1, 0.15) is 17.0 Å². The maximum atomic E-state index is 5.48. The van der Waals surface area contributed by atoms with Gasteiger partial charge < -0.3 is 9.64 Å². The molecule has 2 aromatic heterocycles. The molecule has 0 aromatic carbocycles. The maximum Gasteiger partial charge on any atom is 0.140 e. The molecule has 0 spiro atoms. The number of fused-ring (bicyclic) bond motifs is 1. The fourth-order valence-electron chi connectivity index (χ4n) is 1.84. The van der Waals surface area contributed by atoms with E-state index >= 15 is 0 Å². The second-order valence-electron chi connectivity index (χ2n) is 4.21. The molecule has 2 heterocycles. The van der Waals surface area contributed by atoms with Crippen LogP contribution in [-0.2, 0) is 11.2 Å². The summed E-state index contributed by atoms with van der Waals surface area (Å²) in [5.74, 6) is 0.989. The molecule has 0 saturated heterocycles. The van der Waals surface area contributed by atoms with E-state index in [1.807, 2.05) is 7.05 Å². The molecular formula is C13H18BrN3OS. The second kappa shape index (κ2) is 7.17. The quantitative estimate of drug-likeness (QED) is 0.571. The standard InChI is InChI=1S/C13H18BrN3OS/c1-3-10-8-11-12(15-9-16-13(11)19-10)17(2)5-7-18-6-4-14/h8-9H,3-7H2,1-2H3. The number of alkyl halides is 1. The zero-order chi connectivity index (χ0) is 13.7. The molecule has 0 bridgehead atoms. The van der Waals surface area contributed by atoms with Crippen LogP contribution >= 0.6 is 27.3 Å². The zero-order valence-corrected chi connectivity index (χ0v) is 13.6. The van der Waals surface area contributed by atoms with Crippen molar-refractivity contribution >= 4 is 43.3 Å². The van der Waals surface area contributed by atoms with Crippen LogP contribution in [0.25, 0.3) is 10.2 Å². The van der Waals surface area contributed by atoms with Gasteiger partial charge in [0.05, 0.1) is 18.6 Å². The fraction of sp³-hybridized carbons (Fsp3) is 0.538. The van der Waals surface area contributed by atoms with Gasteiger partial charge in [0.2, 0.25) is 0 Å². The molecule has 0 aliphatic carbocycles. The lowest BCUT2D eigenvalue weighted by Crippen LogP contribution is -2.24. The molecule has 0 atom stereocenters. The van der Waals surface area contributed by atoms with Crippen molar-refractivity contribution in [3.8, 4) is 0 Å². The van der Waals surface area contributed by atoms with E-state index in [1.54, 1.807) is 17.7 Å². The highest BCUT2D eigenvalue weighted by Crippen LogP contribution is 2.29. The molecule has 19 heavy (non-hydrogen) atoms. The Balaban J connectivity index is 2.12. The van der Waals surface area contributed by atoms with E-state index in [2.05, 4.69) is 43.8 Å². The van der Waals surface area contributed by atoms with Gasteiger partial charge >= 0.3 is 0 Å². The third-order valence-electron chi connectivity index (χ3n) is 2.86. The minimum absolute atomic E-state index is 0.707. The number of thiophene rings is 1. The van der Waals surface area contributed by atoms with Gasteiger partial charge in [-0.1, -0.05) is 22.9 Å². The Bertz CT molecular complexity index is 532. The third kappa shape index (κ3) is 3.64. The highest BCUT2D eigenvalue weighted by molar-refractivity contribution is 9.09. The van der Waals surface area contributed by atoms with Crippen molar-refractivity contribution in [1.29, 1.82) is 0 Å². The second-order valence-corrected chi connectivity index (χ2v) is 6.11. The van der Waals surface area contributed by atoms with Crippen molar-refractivity contribution in [2.24, 2.45) is 0 Å². The highest BCUT2D eigenvalue weighted by Gasteiger charge is 2.11. The largest absolute Gasteiger partial charge is 0.379 e. The van der Waals surface area contributed by atoms with E-state index in [1.165, 1.54) is 4.88 Å². The Morgan fingerprint density at radius 2 is 2.21 bits per heavy atom.